The SMILES string of the molecule is COC(=O)c1sccc1NC(=O)C(CN)OC. The number of methoxy groups -OCH3 is 2. The van der Waals surface area contributed by atoms with Gasteiger partial charge in [0, 0.05) is 13.7 Å². The quantitative estimate of drug-likeness (QED) is 0.748. The average Bonchev–Trinajstić information content (AvgIpc) is 2.77. The number of nitrogens with one attached hydrogen (secondary N) is 1. The van der Waals surface area contributed by atoms with Crippen LogP contribution in [0.4, 0.5) is 5.69 Å². The number of nitrogens with two attached hydrogens (primary N) is 1. The Morgan fingerprint density at radius 1 is 1.53 bits per heavy atom. The summed E-state index contributed by atoms with van der Waals surface area (Å²) in [6.07, 6.45) is -0.736. The highest BCUT2D eigenvalue weighted by atomic mass is 32.1. The predicted octanol–water partition coefficient (Wildman–Crippen LogP) is 0.447. The number of anilines is 1. The zero-order valence-electron chi connectivity index (χ0n) is 9.56. The topological polar surface area (TPSA) is 90.7 Å². The Hall–Kier alpha value is -1.44. The zero-order valence-corrected chi connectivity index (χ0v) is 10.4. The normalized spacial score (nSPS) is 11.9. The molecular weight excluding hydrogens is 244 g/mol. The first-order chi connectivity index (χ1) is 8.13. The monoisotopic (exact) mass is 258 g/mol. The van der Waals surface area contributed by atoms with Gasteiger partial charge in [-0.2, -0.15) is 0 Å². The molecule has 94 valence electrons. The third-order valence-corrected chi connectivity index (χ3v) is 2.98. The van der Waals surface area contributed by atoms with Crippen LogP contribution in [0.3, 0.4) is 0 Å². The third kappa shape index (κ3) is 3.26. The molecule has 0 radical (unpaired) electrons. The van der Waals surface area contributed by atoms with Crippen LogP contribution in [0.2, 0.25) is 0 Å². The molecule has 0 aromatic carbocycles. The zero-order chi connectivity index (χ0) is 12.8. The van der Waals surface area contributed by atoms with Crippen LogP contribution in [-0.4, -0.2) is 38.7 Å². The lowest BCUT2D eigenvalue weighted by Crippen LogP contribution is -2.36. The number of carbonyl (C=O) groups excluding carboxylic acids is 2. The first-order valence-corrected chi connectivity index (χ1v) is 5.71. The van der Waals surface area contributed by atoms with E-state index >= 15 is 0 Å². The fourth-order valence-corrected chi connectivity index (χ4v) is 1.95. The van der Waals surface area contributed by atoms with Crippen molar-refractivity contribution in [1.29, 1.82) is 0 Å². The van der Waals surface area contributed by atoms with Crippen molar-refractivity contribution in [3.05, 3.63) is 16.3 Å². The molecular formula is C10H14N2O4S. The van der Waals surface area contributed by atoms with E-state index in [0.29, 0.717) is 10.6 Å². The summed E-state index contributed by atoms with van der Waals surface area (Å²) in [7, 11) is 2.68. The van der Waals surface area contributed by atoms with Crippen LogP contribution in [0.5, 0.6) is 0 Å². The molecule has 0 saturated carbocycles. The Labute approximate surface area is 103 Å². The standard InChI is InChI=1S/C10H14N2O4S/c1-15-7(5-11)9(13)12-6-3-4-17-8(6)10(14)16-2/h3-4,7H,5,11H2,1-2H3,(H,12,13). The highest BCUT2D eigenvalue weighted by molar-refractivity contribution is 7.12. The summed E-state index contributed by atoms with van der Waals surface area (Å²) in [6.45, 7) is 0.0695. The van der Waals surface area contributed by atoms with Crippen LogP contribution in [0.25, 0.3) is 0 Å². The second kappa shape index (κ2) is 6.33. The number of hydrogen-bond acceptors (Lipinski definition) is 6. The second-order valence-electron chi connectivity index (χ2n) is 3.10. The van der Waals surface area contributed by atoms with Gasteiger partial charge < -0.3 is 20.5 Å². The minimum atomic E-state index is -0.736. The maximum atomic E-state index is 11.7. The summed E-state index contributed by atoms with van der Waals surface area (Å²) in [5.74, 6) is -0.879. The molecule has 0 saturated heterocycles. The van der Waals surface area contributed by atoms with Crippen molar-refractivity contribution >= 4 is 28.9 Å². The van der Waals surface area contributed by atoms with E-state index in [4.69, 9.17) is 10.5 Å². The van der Waals surface area contributed by atoms with E-state index in [0.717, 1.165) is 0 Å². The van der Waals surface area contributed by atoms with E-state index in [9.17, 15) is 9.59 Å². The van der Waals surface area contributed by atoms with Crippen LogP contribution in [-0.2, 0) is 14.3 Å². The van der Waals surface area contributed by atoms with Gasteiger partial charge in [0.1, 0.15) is 11.0 Å². The van der Waals surface area contributed by atoms with Gasteiger partial charge in [-0.3, -0.25) is 4.79 Å². The van der Waals surface area contributed by atoms with E-state index < -0.39 is 18.0 Å². The van der Waals surface area contributed by atoms with Gasteiger partial charge >= 0.3 is 5.97 Å². The van der Waals surface area contributed by atoms with E-state index in [1.807, 2.05) is 0 Å². The van der Waals surface area contributed by atoms with Crippen molar-refractivity contribution in [1.82, 2.24) is 0 Å². The maximum Gasteiger partial charge on any atom is 0.350 e. The lowest BCUT2D eigenvalue weighted by atomic mass is 10.3. The van der Waals surface area contributed by atoms with E-state index in [2.05, 4.69) is 10.1 Å². The molecule has 0 aliphatic rings. The molecule has 6 nitrogen and oxygen atoms in total. The van der Waals surface area contributed by atoms with Gasteiger partial charge in [0.25, 0.3) is 5.91 Å². The molecule has 1 heterocycles. The molecule has 0 fully saturated rings. The van der Waals surface area contributed by atoms with E-state index in [1.54, 1.807) is 11.4 Å². The van der Waals surface area contributed by atoms with E-state index in [-0.39, 0.29) is 6.54 Å². The molecule has 0 spiro atoms. The highest BCUT2D eigenvalue weighted by Crippen LogP contribution is 2.23. The number of esters is 1. The van der Waals surface area contributed by atoms with Crippen LogP contribution in [0, 0.1) is 0 Å². The predicted molar refractivity (Wildman–Crippen MR) is 64.1 cm³/mol. The fourth-order valence-electron chi connectivity index (χ4n) is 1.18. The summed E-state index contributed by atoms with van der Waals surface area (Å²) < 4.78 is 9.48. The van der Waals surface area contributed by atoms with Crippen molar-refractivity contribution in [2.45, 2.75) is 6.10 Å². The summed E-state index contributed by atoms with van der Waals surface area (Å²) in [5.41, 5.74) is 5.77. The summed E-state index contributed by atoms with van der Waals surface area (Å²) >= 11 is 1.19. The molecule has 0 bridgehead atoms. The van der Waals surface area contributed by atoms with Crippen molar-refractivity contribution in [3.8, 4) is 0 Å². The maximum absolute atomic E-state index is 11.7. The first kappa shape index (κ1) is 13.6. The smallest absolute Gasteiger partial charge is 0.350 e. The number of hydrogen-bond donors (Lipinski definition) is 2. The number of amides is 1. The molecule has 1 aromatic rings. The number of carbonyl (C=O) groups is 2. The molecule has 1 atom stereocenters. The first-order valence-electron chi connectivity index (χ1n) is 4.83. The summed E-state index contributed by atoms with van der Waals surface area (Å²) in [5, 5.41) is 4.26. The van der Waals surface area contributed by atoms with Gasteiger partial charge in [0.2, 0.25) is 0 Å². The van der Waals surface area contributed by atoms with Gasteiger partial charge in [0.05, 0.1) is 12.8 Å². The van der Waals surface area contributed by atoms with Gasteiger partial charge in [0.15, 0.2) is 0 Å². The Morgan fingerprint density at radius 3 is 2.76 bits per heavy atom. The van der Waals surface area contributed by atoms with Crippen molar-refractivity contribution in [3.63, 3.8) is 0 Å². The molecule has 0 aliphatic carbocycles. The number of ether oxygens (including phenoxy) is 2. The molecule has 17 heavy (non-hydrogen) atoms. The Morgan fingerprint density at radius 2 is 2.24 bits per heavy atom. The molecule has 3 N–H and O–H groups in total. The van der Waals surface area contributed by atoms with Gasteiger partial charge in [-0.1, -0.05) is 0 Å². The summed E-state index contributed by atoms with van der Waals surface area (Å²) in [6, 6.07) is 1.62. The Kier molecular flexibility index (Phi) is 5.08. The lowest BCUT2D eigenvalue weighted by Gasteiger charge is -2.12. The number of rotatable bonds is 5. The second-order valence-corrected chi connectivity index (χ2v) is 4.02. The molecule has 0 aliphatic heterocycles. The molecule has 1 rings (SSSR count). The van der Waals surface area contributed by atoms with Crippen LogP contribution in [0.15, 0.2) is 11.4 Å². The minimum Gasteiger partial charge on any atom is -0.465 e. The molecule has 7 heteroatoms. The van der Waals surface area contributed by atoms with Crippen molar-refractivity contribution in [2.75, 3.05) is 26.1 Å². The molecule has 1 aromatic heterocycles. The largest absolute Gasteiger partial charge is 0.465 e. The van der Waals surface area contributed by atoms with Crippen LogP contribution in [0.1, 0.15) is 9.67 Å². The Balaban J connectivity index is 2.78. The van der Waals surface area contributed by atoms with Gasteiger partial charge in [-0.15, -0.1) is 11.3 Å². The number of thiophene rings is 1. The van der Waals surface area contributed by atoms with Gasteiger partial charge in [-0.25, -0.2) is 4.79 Å². The minimum absolute atomic E-state index is 0.0695. The van der Waals surface area contributed by atoms with Crippen molar-refractivity contribution < 1.29 is 19.1 Å². The lowest BCUT2D eigenvalue weighted by molar-refractivity contribution is -0.125. The van der Waals surface area contributed by atoms with E-state index in [1.165, 1.54) is 25.6 Å². The highest BCUT2D eigenvalue weighted by Gasteiger charge is 2.20. The summed E-state index contributed by atoms with van der Waals surface area (Å²) in [4.78, 5) is 23.4. The van der Waals surface area contributed by atoms with Crippen LogP contribution >= 0.6 is 11.3 Å². The van der Waals surface area contributed by atoms with Crippen LogP contribution < -0.4 is 11.1 Å². The fraction of sp³-hybridized carbons (Fsp3) is 0.400. The average molecular weight is 258 g/mol. The van der Waals surface area contributed by atoms with Crippen molar-refractivity contribution in [2.24, 2.45) is 5.73 Å². The van der Waals surface area contributed by atoms with Gasteiger partial charge in [-0.05, 0) is 11.4 Å². The third-order valence-electron chi connectivity index (χ3n) is 2.08. The Bertz CT molecular complexity index is 401. The molecule has 1 unspecified atom stereocenters. The molecule has 1 amide bonds.